The van der Waals surface area contributed by atoms with Gasteiger partial charge in [0.05, 0.1) is 5.75 Å². The number of thioether (sulfide) groups is 1. The number of tetrazole rings is 1. The van der Waals surface area contributed by atoms with Crippen LogP contribution < -0.4 is 0 Å². The van der Waals surface area contributed by atoms with Crippen molar-refractivity contribution in [3.05, 3.63) is 0 Å². The molecule has 13 heavy (non-hydrogen) atoms. The Balaban J connectivity index is 2.65. The fourth-order valence-corrected chi connectivity index (χ4v) is 1.15. The van der Waals surface area contributed by atoms with Crippen LogP contribution in [-0.4, -0.2) is 43.3 Å². The second-order valence-corrected chi connectivity index (χ2v) is 2.89. The number of hydrogen-bond acceptors (Lipinski definition) is 6. The Morgan fingerprint density at radius 1 is 1.69 bits per heavy atom. The first-order chi connectivity index (χ1) is 6.24. The minimum absolute atomic E-state index is 0.0833. The smallest absolute Gasteiger partial charge is 0.325 e. The molecule has 8 heteroatoms. The molecule has 1 aromatic rings. The summed E-state index contributed by atoms with van der Waals surface area (Å²) in [5, 5.41) is 19.0. The zero-order valence-electron chi connectivity index (χ0n) is 6.38. The van der Waals surface area contributed by atoms with E-state index >= 15 is 0 Å². The van der Waals surface area contributed by atoms with Gasteiger partial charge in [-0.15, -0.1) is 5.10 Å². The second-order valence-electron chi connectivity index (χ2n) is 1.95. The number of hydrogen-bond donors (Lipinski definition) is 1. The summed E-state index contributed by atoms with van der Waals surface area (Å²) in [6, 6.07) is 0. The molecule has 0 spiro atoms. The standard InChI is InChI=1S/C5H5N4O3S/c10-1-2-13-5-6-7-8-9(5)3-4(11)12/h2-3H2,(H,11,12). The molecule has 0 amide bonds. The number of carboxylic acid groups (broad SMARTS) is 1. The van der Waals surface area contributed by atoms with E-state index in [0.717, 1.165) is 16.4 Å². The lowest BCUT2D eigenvalue weighted by molar-refractivity contribution is -0.138. The van der Waals surface area contributed by atoms with Crippen molar-refractivity contribution in [3.8, 4) is 0 Å². The summed E-state index contributed by atoms with van der Waals surface area (Å²) in [5.74, 6) is -0.954. The third-order valence-corrected chi connectivity index (χ3v) is 1.86. The summed E-state index contributed by atoms with van der Waals surface area (Å²) >= 11 is 1.04. The topological polar surface area (TPSA) is 98.0 Å². The summed E-state index contributed by atoms with van der Waals surface area (Å²) < 4.78 is 1.10. The molecule has 0 aliphatic carbocycles. The summed E-state index contributed by atoms with van der Waals surface area (Å²) in [6.07, 6.45) is 1.64. The molecule has 0 aromatic carbocycles. The molecule has 0 unspecified atom stereocenters. The highest BCUT2D eigenvalue weighted by Gasteiger charge is 2.08. The van der Waals surface area contributed by atoms with Gasteiger partial charge in [-0.1, -0.05) is 11.8 Å². The summed E-state index contributed by atoms with van der Waals surface area (Å²) in [7, 11) is 0. The van der Waals surface area contributed by atoms with Crippen molar-refractivity contribution in [2.45, 2.75) is 11.7 Å². The molecule has 0 aliphatic heterocycles. The van der Waals surface area contributed by atoms with Gasteiger partial charge in [-0.05, 0) is 10.4 Å². The van der Waals surface area contributed by atoms with Gasteiger partial charge in [0.1, 0.15) is 6.54 Å². The van der Waals surface area contributed by atoms with Crippen molar-refractivity contribution >= 4 is 24.0 Å². The van der Waals surface area contributed by atoms with Crippen molar-refractivity contribution in [3.63, 3.8) is 0 Å². The van der Waals surface area contributed by atoms with Crippen LogP contribution in [0, 0.1) is 0 Å². The molecule has 0 saturated heterocycles. The van der Waals surface area contributed by atoms with Crippen LogP contribution in [0.25, 0.3) is 0 Å². The van der Waals surface area contributed by atoms with Crippen LogP contribution in [0.3, 0.4) is 0 Å². The zero-order chi connectivity index (χ0) is 9.68. The van der Waals surface area contributed by atoms with E-state index in [9.17, 15) is 9.59 Å². The highest BCUT2D eigenvalue weighted by atomic mass is 32.2. The van der Waals surface area contributed by atoms with Gasteiger partial charge in [-0.2, -0.15) is 0 Å². The number of nitrogens with zero attached hydrogens (tertiary/aromatic N) is 4. The van der Waals surface area contributed by atoms with E-state index in [1.165, 1.54) is 0 Å². The van der Waals surface area contributed by atoms with Crippen molar-refractivity contribution in [2.75, 3.05) is 5.75 Å². The van der Waals surface area contributed by atoms with Crippen LogP contribution in [0.15, 0.2) is 5.16 Å². The van der Waals surface area contributed by atoms with E-state index in [0.29, 0.717) is 5.16 Å². The maximum atomic E-state index is 10.3. The minimum atomic E-state index is -1.04. The number of carboxylic acids is 1. The van der Waals surface area contributed by atoms with Crippen molar-refractivity contribution in [1.82, 2.24) is 20.2 Å². The first-order valence-electron chi connectivity index (χ1n) is 3.20. The third kappa shape index (κ3) is 2.82. The van der Waals surface area contributed by atoms with Crippen molar-refractivity contribution in [2.24, 2.45) is 0 Å². The Hall–Kier alpha value is -1.44. The Morgan fingerprint density at radius 3 is 3.08 bits per heavy atom. The predicted molar refractivity (Wildman–Crippen MR) is 41.9 cm³/mol. The Labute approximate surface area is 77.1 Å². The fourth-order valence-electron chi connectivity index (χ4n) is 0.621. The molecular weight excluding hydrogens is 196 g/mol. The SMILES string of the molecule is O=[C]CSc1nnnn1CC(=O)O. The normalized spacial score (nSPS) is 9.85. The lowest BCUT2D eigenvalue weighted by Gasteiger charge is -1.96. The largest absolute Gasteiger partial charge is 0.480 e. The fraction of sp³-hybridized carbons (Fsp3) is 0.400. The average Bonchev–Trinajstić information content (AvgIpc) is 2.48. The number of aliphatic carboxylic acids is 1. The molecule has 1 rings (SSSR count). The van der Waals surface area contributed by atoms with Crippen LogP contribution in [0.1, 0.15) is 0 Å². The number of carbonyl (C=O) groups excluding carboxylic acids is 1. The van der Waals surface area contributed by atoms with Crippen molar-refractivity contribution in [1.29, 1.82) is 0 Å². The highest BCUT2D eigenvalue weighted by molar-refractivity contribution is 7.99. The molecule has 0 atom stereocenters. The first-order valence-corrected chi connectivity index (χ1v) is 4.18. The van der Waals surface area contributed by atoms with Gasteiger partial charge in [0.2, 0.25) is 11.4 Å². The average molecular weight is 201 g/mol. The molecule has 1 radical (unpaired) electrons. The minimum Gasteiger partial charge on any atom is -0.480 e. The number of carbonyl (C=O) groups is 1. The monoisotopic (exact) mass is 201 g/mol. The Bertz CT molecular complexity index is 312. The van der Waals surface area contributed by atoms with Gasteiger partial charge in [0, 0.05) is 0 Å². The molecule has 0 saturated carbocycles. The molecular formula is C5H5N4O3S. The molecule has 7 nitrogen and oxygen atoms in total. The van der Waals surface area contributed by atoms with Gasteiger partial charge in [0.15, 0.2) is 0 Å². The maximum absolute atomic E-state index is 10.3. The van der Waals surface area contributed by atoms with Gasteiger partial charge in [0.25, 0.3) is 0 Å². The lowest BCUT2D eigenvalue weighted by atomic mass is 10.7. The van der Waals surface area contributed by atoms with E-state index in [1.54, 1.807) is 6.29 Å². The van der Waals surface area contributed by atoms with Crippen LogP contribution in [0.2, 0.25) is 0 Å². The van der Waals surface area contributed by atoms with Crippen LogP contribution in [0.4, 0.5) is 0 Å². The molecule has 69 valence electrons. The molecule has 0 fully saturated rings. The van der Waals surface area contributed by atoms with E-state index < -0.39 is 5.97 Å². The van der Waals surface area contributed by atoms with Crippen LogP contribution in [0.5, 0.6) is 0 Å². The summed E-state index contributed by atoms with van der Waals surface area (Å²) in [4.78, 5) is 20.2. The maximum Gasteiger partial charge on any atom is 0.325 e. The van der Waals surface area contributed by atoms with E-state index in [-0.39, 0.29) is 12.3 Å². The molecule has 1 aromatic heterocycles. The van der Waals surface area contributed by atoms with Gasteiger partial charge in [-0.25, -0.2) is 4.68 Å². The Morgan fingerprint density at radius 2 is 2.46 bits per heavy atom. The van der Waals surface area contributed by atoms with Gasteiger partial charge >= 0.3 is 5.97 Å². The van der Waals surface area contributed by atoms with E-state index in [4.69, 9.17) is 5.11 Å². The van der Waals surface area contributed by atoms with Crippen molar-refractivity contribution < 1.29 is 14.7 Å². The number of aromatic nitrogens is 4. The quantitative estimate of drug-likeness (QED) is 0.607. The predicted octanol–water partition coefficient (Wildman–Crippen LogP) is -1.04. The van der Waals surface area contributed by atoms with Gasteiger partial charge < -0.3 is 5.11 Å². The highest BCUT2D eigenvalue weighted by Crippen LogP contribution is 2.11. The number of rotatable bonds is 5. The van der Waals surface area contributed by atoms with E-state index in [2.05, 4.69) is 15.5 Å². The molecule has 0 aliphatic rings. The lowest BCUT2D eigenvalue weighted by Crippen LogP contribution is -2.11. The van der Waals surface area contributed by atoms with Crippen LogP contribution in [-0.2, 0) is 16.1 Å². The molecule has 0 bridgehead atoms. The summed E-state index contributed by atoms with van der Waals surface area (Å²) in [5.41, 5.74) is 0. The van der Waals surface area contributed by atoms with Crippen LogP contribution >= 0.6 is 11.8 Å². The van der Waals surface area contributed by atoms with E-state index in [1.807, 2.05) is 0 Å². The van der Waals surface area contributed by atoms with Gasteiger partial charge in [-0.3, -0.25) is 9.59 Å². The Kier molecular flexibility index (Phi) is 3.38. The third-order valence-electron chi connectivity index (χ3n) is 1.04. The molecule has 1 N–H and O–H groups in total. The summed E-state index contributed by atoms with van der Waals surface area (Å²) in [6.45, 7) is -0.311. The second kappa shape index (κ2) is 4.55. The first kappa shape index (κ1) is 9.65. The molecule has 1 heterocycles. The zero-order valence-corrected chi connectivity index (χ0v) is 7.19.